The van der Waals surface area contributed by atoms with E-state index in [9.17, 15) is 9.59 Å². The van der Waals surface area contributed by atoms with Crippen LogP contribution in [0.2, 0.25) is 0 Å². The molecule has 4 nitrogen and oxygen atoms in total. The third kappa shape index (κ3) is 0.301. The molecule has 0 radical (unpaired) electrons. The highest BCUT2D eigenvalue weighted by atomic mass is 16.5. The summed E-state index contributed by atoms with van der Waals surface area (Å²) in [7, 11) is 1.48. The van der Waals surface area contributed by atoms with Gasteiger partial charge in [0, 0.05) is 0 Å². The lowest BCUT2D eigenvalue weighted by molar-refractivity contribution is -0.603. The smallest absolute Gasteiger partial charge is 0.312 e. The highest BCUT2D eigenvalue weighted by molar-refractivity contribution is 5.89. The standard InChI is InChI=1S/C11H9NO3/c1-15-9(14)10-3-6-4(10)8-5(10)7(3)11(6,8)12-2-13/h3-8H,1H3. The average Bonchev–Trinajstić information content (AvgIpc) is 2.29. The van der Waals surface area contributed by atoms with Crippen molar-refractivity contribution in [1.29, 1.82) is 0 Å². The zero-order valence-corrected chi connectivity index (χ0v) is 8.14. The molecule has 0 N–H and O–H groups in total. The lowest BCUT2D eigenvalue weighted by atomic mass is 8.94. The highest BCUT2D eigenvalue weighted by Gasteiger charge is 3.12. The number of methoxy groups -OCH3 is 1. The lowest BCUT2D eigenvalue weighted by Gasteiger charge is -3.08. The SMILES string of the molecule is COC(=O)C12C3C4C1C1C2C3C41N=C=O. The Balaban J connectivity index is 1.59. The fraction of sp³-hybridized carbons (Fsp3) is 0.818. The number of hydrogen-bond donors (Lipinski definition) is 0. The van der Waals surface area contributed by atoms with E-state index in [-0.39, 0.29) is 16.9 Å². The van der Waals surface area contributed by atoms with Crippen LogP contribution in [0.3, 0.4) is 0 Å². The Morgan fingerprint density at radius 3 is 2.13 bits per heavy atom. The molecule has 6 saturated carbocycles. The second-order valence-corrected chi connectivity index (χ2v) is 5.67. The van der Waals surface area contributed by atoms with Crippen LogP contribution in [-0.2, 0) is 14.3 Å². The molecule has 4 heteroatoms. The molecule has 6 aliphatic rings. The van der Waals surface area contributed by atoms with E-state index < -0.39 is 0 Å². The van der Waals surface area contributed by atoms with Crippen molar-refractivity contribution in [3.8, 4) is 0 Å². The summed E-state index contributed by atoms with van der Waals surface area (Å²) in [5.41, 5.74) is -0.133. The summed E-state index contributed by atoms with van der Waals surface area (Å²) >= 11 is 0. The van der Waals surface area contributed by atoms with Crippen LogP contribution in [0.5, 0.6) is 0 Å². The molecular formula is C11H9NO3. The largest absolute Gasteiger partial charge is 0.469 e. The van der Waals surface area contributed by atoms with Crippen molar-refractivity contribution in [3.63, 3.8) is 0 Å². The van der Waals surface area contributed by atoms with Gasteiger partial charge < -0.3 is 4.74 Å². The number of esters is 1. The summed E-state index contributed by atoms with van der Waals surface area (Å²) in [4.78, 5) is 26.1. The van der Waals surface area contributed by atoms with Crippen LogP contribution in [0.1, 0.15) is 0 Å². The van der Waals surface area contributed by atoms with Crippen LogP contribution in [0, 0.1) is 40.9 Å². The molecule has 6 aliphatic carbocycles. The normalized spacial score (nSPS) is 71.8. The van der Waals surface area contributed by atoms with Crippen LogP contribution in [0.25, 0.3) is 0 Å². The van der Waals surface area contributed by atoms with Crippen molar-refractivity contribution >= 4 is 12.0 Å². The van der Waals surface area contributed by atoms with Gasteiger partial charge in [-0.2, -0.15) is 4.99 Å². The number of isocyanates is 1. The fourth-order valence-electron chi connectivity index (χ4n) is 6.36. The molecule has 0 spiro atoms. The van der Waals surface area contributed by atoms with Crippen LogP contribution < -0.4 is 0 Å². The van der Waals surface area contributed by atoms with Gasteiger partial charge in [0.15, 0.2) is 0 Å². The Hall–Kier alpha value is -1.15. The zero-order valence-electron chi connectivity index (χ0n) is 8.14. The number of hydrogen-bond acceptors (Lipinski definition) is 4. The first-order valence-corrected chi connectivity index (χ1v) is 5.45. The van der Waals surface area contributed by atoms with Gasteiger partial charge in [-0.15, -0.1) is 0 Å². The maximum absolute atomic E-state index is 11.7. The van der Waals surface area contributed by atoms with Gasteiger partial charge in [0.2, 0.25) is 6.08 Å². The van der Waals surface area contributed by atoms with E-state index >= 15 is 0 Å². The van der Waals surface area contributed by atoms with Gasteiger partial charge in [0.1, 0.15) is 0 Å². The lowest BCUT2D eigenvalue weighted by Crippen LogP contribution is -3.13. The Bertz CT molecular complexity index is 437. The third-order valence-electron chi connectivity index (χ3n) is 6.36. The summed E-state index contributed by atoms with van der Waals surface area (Å²) in [6.07, 6.45) is 1.72. The summed E-state index contributed by atoms with van der Waals surface area (Å²) in [6, 6.07) is 0. The van der Waals surface area contributed by atoms with E-state index in [1.165, 1.54) is 7.11 Å². The van der Waals surface area contributed by atoms with E-state index in [0.29, 0.717) is 35.5 Å². The quantitative estimate of drug-likeness (QED) is 0.360. The Labute approximate surface area is 85.7 Å². The van der Waals surface area contributed by atoms with E-state index in [4.69, 9.17) is 4.74 Å². The van der Waals surface area contributed by atoms with Gasteiger partial charge in [-0.1, -0.05) is 0 Å². The van der Waals surface area contributed by atoms with Crippen molar-refractivity contribution in [3.05, 3.63) is 0 Å². The molecule has 0 atom stereocenters. The molecule has 0 heterocycles. The molecule has 0 saturated heterocycles. The average molecular weight is 203 g/mol. The van der Waals surface area contributed by atoms with Crippen molar-refractivity contribution in [2.75, 3.05) is 7.11 Å². The monoisotopic (exact) mass is 203 g/mol. The maximum Gasteiger partial charge on any atom is 0.312 e. The number of nitrogens with zero attached hydrogens (tertiary/aromatic N) is 1. The minimum Gasteiger partial charge on any atom is -0.469 e. The summed E-state index contributed by atoms with van der Waals surface area (Å²) in [5, 5.41) is 0. The Kier molecular flexibility index (Phi) is 0.711. The van der Waals surface area contributed by atoms with Crippen LogP contribution in [-0.4, -0.2) is 24.7 Å². The van der Waals surface area contributed by atoms with Gasteiger partial charge in [0.05, 0.1) is 18.1 Å². The molecule has 0 aromatic heterocycles. The summed E-state index contributed by atoms with van der Waals surface area (Å²) < 4.78 is 4.91. The van der Waals surface area contributed by atoms with Gasteiger partial charge >= 0.3 is 5.97 Å². The van der Waals surface area contributed by atoms with Crippen molar-refractivity contribution < 1.29 is 14.3 Å². The molecule has 76 valence electrons. The molecule has 0 aromatic carbocycles. The van der Waals surface area contributed by atoms with Crippen molar-refractivity contribution in [1.82, 2.24) is 0 Å². The highest BCUT2D eigenvalue weighted by Crippen LogP contribution is 3.07. The topological polar surface area (TPSA) is 55.7 Å². The van der Waals surface area contributed by atoms with Crippen molar-refractivity contribution in [2.24, 2.45) is 45.9 Å². The molecule has 6 rings (SSSR count). The molecule has 0 aliphatic heterocycles. The maximum atomic E-state index is 11.7. The number of ether oxygens (including phenoxy) is 1. The molecule has 0 bridgehead atoms. The first kappa shape index (κ1) is 7.18. The molecule has 0 amide bonds. The Morgan fingerprint density at radius 1 is 1.20 bits per heavy atom. The zero-order chi connectivity index (χ0) is 10.2. The Morgan fingerprint density at radius 2 is 1.73 bits per heavy atom. The number of carbonyl (C=O) groups is 1. The number of carbonyl (C=O) groups excluding carboxylic acids is 2. The molecule has 0 aromatic rings. The van der Waals surface area contributed by atoms with Gasteiger partial charge in [-0.05, 0) is 35.5 Å². The predicted octanol–water partition coefficient (Wildman–Crippen LogP) is -0.0144. The minimum atomic E-state index is -0.102. The summed E-state index contributed by atoms with van der Waals surface area (Å²) in [6.45, 7) is 0. The van der Waals surface area contributed by atoms with E-state index in [1.807, 2.05) is 0 Å². The molecular weight excluding hydrogens is 194 g/mol. The number of rotatable bonds is 2. The molecule has 15 heavy (non-hydrogen) atoms. The first-order chi connectivity index (χ1) is 7.27. The molecule has 0 unspecified atom stereocenters. The first-order valence-electron chi connectivity index (χ1n) is 5.45. The van der Waals surface area contributed by atoms with Gasteiger partial charge in [-0.25, -0.2) is 4.79 Å². The predicted molar refractivity (Wildman–Crippen MR) is 46.2 cm³/mol. The molecule has 6 fully saturated rings. The van der Waals surface area contributed by atoms with E-state index in [0.717, 1.165) is 0 Å². The second-order valence-electron chi connectivity index (χ2n) is 5.67. The van der Waals surface area contributed by atoms with E-state index in [2.05, 4.69) is 4.99 Å². The van der Waals surface area contributed by atoms with Crippen LogP contribution in [0.15, 0.2) is 4.99 Å². The van der Waals surface area contributed by atoms with Crippen molar-refractivity contribution in [2.45, 2.75) is 5.54 Å². The fourth-order valence-corrected chi connectivity index (χ4v) is 6.36. The summed E-state index contributed by atoms with van der Waals surface area (Å²) in [5.74, 6) is 3.08. The minimum absolute atomic E-state index is 0.00497. The van der Waals surface area contributed by atoms with Crippen LogP contribution >= 0.6 is 0 Å². The second kappa shape index (κ2) is 1.49. The number of aliphatic imine (C=N–C) groups is 1. The third-order valence-corrected chi connectivity index (χ3v) is 6.36. The van der Waals surface area contributed by atoms with Gasteiger partial charge in [-0.3, -0.25) is 4.79 Å². The van der Waals surface area contributed by atoms with Gasteiger partial charge in [0.25, 0.3) is 0 Å². The van der Waals surface area contributed by atoms with Crippen LogP contribution in [0.4, 0.5) is 0 Å². The van der Waals surface area contributed by atoms with E-state index in [1.54, 1.807) is 6.08 Å².